The zero-order chi connectivity index (χ0) is 54.7. The van der Waals surface area contributed by atoms with Gasteiger partial charge in [0.2, 0.25) is 0 Å². The van der Waals surface area contributed by atoms with Crippen LogP contribution in [0.15, 0.2) is 192 Å². The molecule has 3 N–H and O–H groups in total. The predicted octanol–water partition coefficient (Wildman–Crippen LogP) is 14.6. The number of carbonyl (C=O) groups is 3. The molecular formula is C52H43EuF9O8S5. The van der Waals surface area contributed by atoms with Gasteiger partial charge in [0.05, 0.1) is 14.6 Å². The Balaban J connectivity index is 0.000000320. The molecule has 0 saturated heterocycles. The summed E-state index contributed by atoms with van der Waals surface area (Å²) in [5.74, 6) is -5.65. The molecule has 0 amide bonds. The van der Waals surface area contributed by atoms with Crippen LogP contribution in [-0.4, -0.2) is 59.6 Å². The number of rotatable bonds is 14. The molecule has 0 fully saturated rings. The molecule has 0 unspecified atom stereocenters. The first-order valence-corrected chi connectivity index (χ1v) is 26.6. The summed E-state index contributed by atoms with van der Waals surface area (Å²) in [5, 5.41) is 32.0. The van der Waals surface area contributed by atoms with E-state index in [1.165, 1.54) is 18.2 Å². The third kappa shape index (κ3) is 27.5. The van der Waals surface area contributed by atoms with E-state index in [0.717, 1.165) is 56.3 Å². The fraction of sp³-hybridized carbons (Fsp3) is 0.135. The Kier molecular flexibility index (Phi) is 29.7. The van der Waals surface area contributed by atoms with Crippen LogP contribution in [0, 0.1) is 49.4 Å². The van der Waals surface area contributed by atoms with Crippen molar-refractivity contribution in [2.24, 2.45) is 0 Å². The standard InChI is InChI=1S/2C14H14OS.3C8H5F3O2S.Eu/c2*15-16(11-13-7-3-1-4-8-13)12-14-9-5-2-6-10-14;3*9-8(10,11)7(13)4-5(12)6-2-1-3-14-6;/h2*1-10H,11-12H2;3*1-4,12H;/b;;3*5-4+;. The van der Waals surface area contributed by atoms with Crippen molar-refractivity contribution in [1.82, 2.24) is 0 Å². The predicted molar refractivity (Wildman–Crippen MR) is 275 cm³/mol. The summed E-state index contributed by atoms with van der Waals surface area (Å²) in [6.07, 6.45) is -14.3. The van der Waals surface area contributed by atoms with Crippen molar-refractivity contribution < 1.29 is 127 Å². The maximum absolute atomic E-state index is 11.9. The van der Waals surface area contributed by atoms with Crippen molar-refractivity contribution in [1.29, 1.82) is 0 Å². The van der Waals surface area contributed by atoms with Gasteiger partial charge < -0.3 is 15.3 Å². The molecular weight excluding hydrogens is 1240 g/mol. The zero-order valence-electron chi connectivity index (χ0n) is 38.5. The van der Waals surface area contributed by atoms with Gasteiger partial charge in [0.1, 0.15) is 17.3 Å². The Labute approximate surface area is 483 Å². The third-order valence-corrected chi connectivity index (χ3v) is 13.9. The summed E-state index contributed by atoms with van der Waals surface area (Å²) in [7, 11) is -1.64. The average Bonchev–Trinajstić information content (AvgIpc) is 4.19. The number of thiophene rings is 3. The second-order valence-electron chi connectivity index (χ2n) is 14.5. The summed E-state index contributed by atoms with van der Waals surface area (Å²) < 4.78 is 130. The molecule has 399 valence electrons. The Morgan fingerprint density at radius 3 is 0.733 bits per heavy atom. The molecule has 7 aromatic rings. The van der Waals surface area contributed by atoms with E-state index in [1.807, 2.05) is 121 Å². The summed E-state index contributed by atoms with van der Waals surface area (Å²) in [5.41, 5.74) is 4.54. The Morgan fingerprint density at radius 2 is 0.573 bits per heavy atom. The van der Waals surface area contributed by atoms with Crippen molar-refractivity contribution >= 4 is 90.2 Å². The second kappa shape index (κ2) is 33.8. The van der Waals surface area contributed by atoms with E-state index in [2.05, 4.69) is 0 Å². The molecule has 4 aromatic carbocycles. The first-order valence-electron chi connectivity index (χ1n) is 20.9. The van der Waals surface area contributed by atoms with Gasteiger partial charge >= 0.3 is 18.5 Å². The molecule has 3 aromatic heterocycles. The zero-order valence-corrected chi connectivity index (χ0v) is 45.0. The molecule has 8 nitrogen and oxygen atoms in total. The molecule has 0 atom stereocenters. The molecule has 0 bridgehead atoms. The molecule has 75 heavy (non-hydrogen) atoms. The van der Waals surface area contributed by atoms with Crippen LogP contribution in [0.4, 0.5) is 39.5 Å². The van der Waals surface area contributed by atoms with Gasteiger partial charge in [-0.25, -0.2) is 0 Å². The monoisotopic (exact) mass is 1280 g/mol. The molecule has 3 heterocycles. The van der Waals surface area contributed by atoms with Crippen LogP contribution in [0.5, 0.6) is 0 Å². The number of benzene rings is 4. The van der Waals surface area contributed by atoms with Crippen molar-refractivity contribution in [2.75, 3.05) is 0 Å². The quantitative estimate of drug-likeness (QED) is 0.0554. The van der Waals surface area contributed by atoms with Crippen molar-refractivity contribution in [3.8, 4) is 0 Å². The van der Waals surface area contributed by atoms with Crippen LogP contribution in [0.3, 0.4) is 0 Å². The van der Waals surface area contributed by atoms with Crippen LogP contribution < -0.4 is 0 Å². The van der Waals surface area contributed by atoms with Crippen molar-refractivity contribution in [2.45, 2.75) is 41.5 Å². The molecule has 0 aliphatic carbocycles. The summed E-state index contributed by atoms with van der Waals surface area (Å²) >= 11 is 3.14. The maximum Gasteiger partial charge on any atom is 0.454 e. The normalized spacial score (nSPS) is 11.7. The van der Waals surface area contributed by atoms with Gasteiger partial charge in [-0.2, -0.15) is 39.5 Å². The minimum absolute atomic E-state index is 0. The number of hydrogen-bond acceptors (Lipinski definition) is 11. The number of allylic oxidation sites excluding steroid dienone is 3. The van der Waals surface area contributed by atoms with Gasteiger partial charge in [-0.1, -0.05) is 140 Å². The van der Waals surface area contributed by atoms with Crippen LogP contribution in [0.2, 0.25) is 0 Å². The van der Waals surface area contributed by atoms with E-state index in [9.17, 15) is 62.3 Å². The molecule has 1 radical (unpaired) electrons. The smallest absolute Gasteiger partial charge is 0.454 e. The number of halogens is 9. The number of ketones is 3. The Bertz CT molecular complexity index is 2540. The first kappa shape index (κ1) is 66.0. The molecule has 0 aliphatic rings. The van der Waals surface area contributed by atoms with E-state index >= 15 is 0 Å². The van der Waals surface area contributed by atoms with E-state index < -0.39 is 74.8 Å². The van der Waals surface area contributed by atoms with E-state index in [1.54, 1.807) is 34.3 Å². The second-order valence-corrected chi connectivity index (χ2v) is 20.3. The van der Waals surface area contributed by atoms with Crippen molar-refractivity contribution in [3.63, 3.8) is 0 Å². The summed E-state index contributed by atoms with van der Waals surface area (Å²) in [6, 6.07) is 48.8. The molecule has 0 spiro atoms. The Morgan fingerprint density at radius 1 is 0.373 bits per heavy atom. The fourth-order valence-electron chi connectivity index (χ4n) is 5.25. The number of alkyl halides is 9. The van der Waals surface area contributed by atoms with Crippen LogP contribution in [0.25, 0.3) is 17.3 Å². The van der Waals surface area contributed by atoms with Gasteiger partial charge in [-0.3, -0.25) is 22.8 Å². The van der Waals surface area contributed by atoms with Crippen LogP contribution in [0.1, 0.15) is 36.9 Å². The first-order chi connectivity index (χ1) is 34.9. The van der Waals surface area contributed by atoms with Gasteiger partial charge in [0, 0.05) is 112 Å². The fourth-order valence-corrected chi connectivity index (χ4v) is 9.63. The number of hydrogen-bond donors (Lipinski definition) is 3. The van der Waals surface area contributed by atoms with Gasteiger partial charge in [0.25, 0.3) is 17.3 Å². The third-order valence-electron chi connectivity index (χ3n) is 8.64. The van der Waals surface area contributed by atoms with Gasteiger partial charge in [-0.15, -0.1) is 34.0 Å². The minimum atomic E-state index is -4.94. The minimum Gasteiger partial charge on any atom is -0.506 e. The number of aliphatic hydroxyl groups is 3. The van der Waals surface area contributed by atoms with Gasteiger partial charge in [-0.05, 0) is 56.6 Å². The van der Waals surface area contributed by atoms with Crippen molar-refractivity contribution in [3.05, 3.63) is 229 Å². The molecule has 7 rings (SSSR count). The summed E-state index contributed by atoms with van der Waals surface area (Å²) in [6.45, 7) is 0. The van der Waals surface area contributed by atoms with Crippen LogP contribution in [-0.2, 0) is 59.0 Å². The Hall–Kier alpha value is -5.14. The number of carbonyl (C=O) groups excluding carboxylic acids is 3. The average molecular weight is 1280 g/mol. The van der Waals surface area contributed by atoms with E-state index in [0.29, 0.717) is 23.0 Å². The van der Waals surface area contributed by atoms with E-state index in [4.69, 9.17) is 15.3 Å². The van der Waals surface area contributed by atoms with Gasteiger partial charge in [0.15, 0.2) is 0 Å². The molecule has 0 saturated carbocycles. The molecule has 23 heteroatoms. The largest absolute Gasteiger partial charge is 0.506 e. The van der Waals surface area contributed by atoms with Crippen LogP contribution >= 0.6 is 34.0 Å². The SMILES string of the molecule is O=C(/C=C(/O)c1cccs1)C(F)(F)F.O=C(/C=C(/O)c1cccs1)C(F)(F)F.O=C(/C=C(/O)c1cccs1)C(F)(F)F.O=S(Cc1ccccc1)Cc1ccccc1.O=S(Cc1ccccc1)Cc1ccccc1.[Eu]. The summed E-state index contributed by atoms with van der Waals surface area (Å²) in [4.78, 5) is 31.9. The molecule has 0 aliphatic heterocycles. The topological polar surface area (TPSA) is 146 Å². The van der Waals surface area contributed by atoms with E-state index in [-0.39, 0.29) is 82.2 Å². The maximum atomic E-state index is 11.9. The number of aliphatic hydroxyl groups excluding tert-OH is 3.